The number of ether oxygens (including phenoxy) is 1. The fraction of sp³-hybridized carbons (Fsp3) is 0.409. The first-order valence-electron chi connectivity index (χ1n) is 9.38. The van der Waals surface area contributed by atoms with E-state index in [-0.39, 0.29) is 18.0 Å². The molecule has 0 aliphatic rings. The van der Waals surface area contributed by atoms with E-state index >= 15 is 0 Å². The summed E-state index contributed by atoms with van der Waals surface area (Å²) < 4.78 is 5.22. The summed E-state index contributed by atoms with van der Waals surface area (Å²) in [5.41, 5.74) is 3.07. The van der Waals surface area contributed by atoms with Crippen LogP contribution in [0.1, 0.15) is 43.4 Å². The minimum absolute atomic E-state index is 0.0255. The molecule has 1 amide bonds. The molecule has 0 atom stereocenters. The van der Waals surface area contributed by atoms with Gasteiger partial charge in [0.25, 0.3) is 0 Å². The predicted molar refractivity (Wildman–Crippen MR) is 111 cm³/mol. The van der Waals surface area contributed by atoms with Crippen molar-refractivity contribution in [1.82, 2.24) is 10.6 Å². The Hall–Kier alpha value is -1.88. The van der Waals surface area contributed by atoms with Crippen molar-refractivity contribution in [1.29, 1.82) is 0 Å². The van der Waals surface area contributed by atoms with Gasteiger partial charge in [0.2, 0.25) is 5.91 Å². The molecule has 0 spiro atoms. The lowest BCUT2D eigenvalue weighted by Crippen LogP contribution is -2.46. The summed E-state index contributed by atoms with van der Waals surface area (Å²) in [6, 6.07) is 15.8. The first-order valence-corrected chi connectivity index (χ1v) is 9.76. The van der Waals surface area contributed by atoms with Crippen molar-refractivity contribution in [3.63, 3.8) is 0 Å². The number of carbonyl (C=O) groups excluding carboxylic acids is 1. The zero-order valence-electron chi connectivity index (χ0n) is 16.3. The highest BCUT2D eigenvalue weighted by molar-refractivity contribution is 6.30. The highest BCUT2D eigenvalue weighted by Gasteiger charge is 2.28. The first kappa shape index (κ1) is 21.4. The third-order valence-corrected chi connectivity index (χ3v) is 5.34. The lowest BCUT2D eigenvalue weighted by Gasteiger charge is -2.33. The van der Waals surface area contributed by atoms with E-state index in [1.165, 1.54) is 0 Å². The molecule has 0 aromatic heterocycles. The number of rotatable bonds is 10. The van der Waals surface area contributed by atoms with Gasteiger partial charge in [-0.1, -0.05) is 61.8 Å². The molecule has 0 saturated carbocycles. The van der Waals surface area contributed by atoms with E-state index in [9.17, 15) is 4.79 Å². The lowest BCUT2D eigenvalue weighted by atomic mass is 9.84. The number of nitrogens with one attached hydrogen (secondary N) is 2. The Labute approximate surface area is 167 Å². The van der Waals surface area contributed by atoms with Gasteiger partial charge in [-0.05, 0) is 41.7 Å². The highest BCUT2D eigenvalue weighted by atomic mass is 35.5. The molecule has 2 N–H and O–H groups in total. The van der Waals surface area contributed by atoms with Gasteiger partial charge in [-0.25, -0.2) is 0 Å². The Morgan fingerprint density at radius 3 is 2.26 bits per heavy atom. The molecule has 2 aromatic rings. The minimum Gasteiger partial charge on any atom is -0.380 e. The van der Waals surface area contributed by atoms with Crippen molar-refractivity contribution in [2.45, 2.75) is 45.4 Å². The van der Waals surface area contributed by atoms with Crippen LogP contribution in [-0.2, 0) is 28.2 Å². The molecule has 0 aliphatic heterocycles. The number of hydrogen-bond donors (Lipinski definition) is 2. The quantitative estimate of drug-likeness (QED) is 0.633. The summed E-state index contributed by atoms with van der Waals surface area (Å²) in [5.74, 6) is -0.0255. The van der Waals surface area contributed by atoms with Crippen LogP contribution in [0.2, 0.25) is 5.02 Å². The molecule has 2 aromatic carbocycles. The zero-order valence-corrected chi connectivity index (χ0v) is 17.1. The largest absolute Gasteiger partial charge is 0.380 e. The van der Waals surface area contributed by atoms with Gasteiger partial charge in [0.15, 0.2) is 0 Å². The topological polar surface area (TPSA) is 50.4 Å². The van der Waals surface area contributed by atoms with Gasteiger partial charge in [-0.3, -0.25) is 10.1 Å². The number of amides is 1. The molecule has 4 nitrogen and oxygen atoms in total. The molecule has 0 radical (unpaired) electrons. The average molecular weight is 389 g/mol. The van der Waals surface area contributed by atoms with Gasteiger partial charge >= 0.3 is 0 Å². The average Bonchev–Trinajstić information content (AvgIpc) is 2.70. The number of carbonyl (C=O) groups is 1. The summed E-state index contributed by atoms with van der Waals surface area (Å²) in [4.78, 5) is 12.4. The van der Waals surface area contributed by atoms with E-state index in [0.29, 0.717) is 18.2 Å². The molecule has 0 fully saturated rings. The number of methoxy groups -OCH3 is 1. The summed E-state index contributed by atoms with van der Waals surface area (Å²) in [7, 11) is 1.67. The first-order chi connectivity index (χ1) is 13.0. The van der Waals surface area contributed by atoms with E-state index in [1.807, 2.05) is 48.5 Å². The summed E-state index contributed by atoms with van der Waals surface area (Å²) in [5, 5.41) is 7.18. The molecule has 0 heterocycles. The molecule has 0 saturated heterocycles. The fourth-order valence-electron chi connectivity index (χ4n) is 3.31. The summed E-state index contributed by atoms with van der Waals surface area (Å²) >= 11 is 6.02. The van der Waals surface area contributed by atoms with E-state index in [4.69, 9.17) is 16.3 Å². The minimum atomic E-state index is -0.240. The van der Waals surface area contributed by atoms with Gasteiger partial charge in [-0.15, -0.1) is 0 Å². The van der Waals surface area contributed by atoms with E-state index in [2.05, 4.69) is 24.5 Å². The van der Waals surface area contributed by atoms with Crippen LogP contribution in [0.3, 0.4) is 0 Å². The summed E-state index contributed by atoms with van der Waals surface area (Å²) in [6.07, 6.45) is 1.77. The van der Waals surface area contributed by atoms with Crippen molar-refractivity contribution in [3.05, 3.63) is 70.2 Å². The molecule has 5 heteroatoms. The summed E-state index contributed by atoms with van der Waals surface area (Å²) in [6.45, 7) is 5.55. The van der Waals surface area contributed by atoms with Crippen LogP contribution in [-0.4, -0.2) is 19.6 Å². The second-order valence-corrected chi connectivity index (χ2v) is 7.06. The molecular formula is C22H29ClN2O2. The van der Waals surface area contributed by atoms with Gasteiger partial charge in [0.1, 0.15) is 0 Å². The molecule has 146 valence electrons. The maximum absolute atomic E-state index is 12.4. The second kappa shape index (κ2) is 10.5. The molecule has 27 heavy (non-hydrogen) atoms. The predicted octanol–water partition coefficient (Wildman–Crippen LogP) is 4.41. The SMILES string of the molecule is CCC(CC)(NCC(=O)NCc1ccccc1COC)c1ccc(Cl)cc1. The third kappa shape index (κ3) is 5.80. The zero-order chi connectivity index (χ0) is 19.7. The Kier molecular flexibility index (Phi) is 8.29. The maximum Gasteiger partial charge on any atom is 0.234 e. The van der Waals surface area contributed by atoms with Gasteiger partial charge in [0, 0.05) is 24.2 Å². The van der Waals surface area contributed by atoms with Gasteiger partial charge in [0.05, 0.1) is 13.2 Å². The standard InChI is InChI=1S/C22H29ClN2O2/c1-4-22(5-2,19-10-12-20(23)13-11-19)25-15-21(26)24-14-17-8-6-7-9-18(17)16-27-3/h6-13,25H,4-5,14-16H2,1-3H3,(H,24,26). The Bertz CT molecular complexity index is 727. The maximum atomic E-state index is 12.4. The van der Waals surface area contributed by atoms with Crippen LogP contribution in [0.25, 0.3) is 0 Å². The molecule has 2 rings (SSSR count). The molecule has 0 bridgehead atoms. The Morgan fingerprint density at radius 1 is 1.04 bits per heavy atom. The fourth-order valence-corrected chi connectivity index (χ4v) is 3.44. The normalized spacial score (nSPS) is 11.4. The monoisotopic (exact) mass is 388 g/mol. The molecule has 0 unspecified atom stereocenters. The molecular weight excluding hydrogens is 360 g/mol. The third-order valence-electron chi connectivity index (χ3n) is 5.09. The van der Waals surface area contributed by atoms with Crippen molar-refractivity contribution in [2.75, 3.05) is 13.7 Å². The van der Waals surface area contributed by atoms with Crippen molar-refractivity contribution in [3.8, 4) is 0 Å². The van der Waals surface area contributed by atoms with Crippen LogP contribution in [0.5, 0.6) is 0 Å². The van der Waals surface area contributed by atoms with Crippen molar-refractivity contribution >= 4 is 17.5 Å². The van der Waals surface area contributed by atoms with Crippen LogP contribution in [0.15, 0.2) is 48.5 Å². The molecule has 0 aliphatic carbocycles. The smallest absolute Gasteiger partial charge is 0.234 e. The number of hydrogen-bond acceptors (Lipinski definition) is 3. The van der Waals surface area contributed by atoms with Crippen molar-refractivity contribution < 1.29 is 9.53 Å². The lowest BCUT2D eigenvalue weighted by molar-refractivity contribution is -0.120. The van der Waals surface area contributed by atoms with E-state index < -0.39 is 0 Å². The van der Waals surface area contributed by atoms with E-state index in [1.54, 1.807) is 7.11 Å². The van der Waals surface area contributed by atoms with E-state index in [0.717, 1.165) is 29.5 Å². The Balaban J connectivity index is 1.97. The van der Waals surface area contributed by atoms with Crippen molar-refractivity contribution in [2.24, 2.45) is 0 Å². The Morgan fingerprint density at radius 2 is 1.67 bits per heavy atom. The van der Waals surface area contributed by atoms with Crippen LogP contribution in [0, 0.1) is 0 Å². The van der Waals surface area contributed by atoms with Gasteiger partial charge in [-0.2, -0.15) is 0 Å². The number of halogens is 1. The number of benzene rings is 2. The second-order valence-electron chi connectivity index (χ2n) is 6.63. The van der Waals surface area contributed by atoms with Crippen LogP contribution in [0.4, 0.5) is 0 Å². The van der Waals surface area contributed by atoms with Gasteiger partial charge < -0.3 is 10.1 Å². The van der Waals surface area contributed by atoms with Crippen LogP contribution < -0.4 is 10.6 Å². The highest BCUT2D eigenvalue weighted by Crippen LogP contribution is 2.29. The van der Waals surface area contributed by atoms with Crippen LogP contribution >= 0.6 is 11.6 Å².